The van der Waals surface area contributed by atoms with E-state index in [1.54, 1.807) is 0 Å². The summed E-state index contributed by atoms with van der Waals surface area (Å²) in [5, 5.41) is 19.1. The lowest BCUT2D eigenvalue weighted by atomic mass is 10.3. The Bertz CT molecular complexity index is 486. The van der Waals surface area contributed by atoms with Crippen LogP contribution in [0.25, 0.3) is 0 Å². The molecule has 0 heterocycles. The molecule has 0 aromatic heterocycles. The fourth-order valence-electron chi connectivity index (χ4n) is 1.08. The summed E-state index contributed by atoms with van der Waals surface area (Å²) in [6.45, 7) is -0.671. The van der Waals surface area contributed by atoms with Crippen LogP contribution in [-0.4, -0.2) is 33.1 Å². The van der Waals surface area contributed by atoms with Crippen LogP contribution in [0.15, 0.2) is 23.1 Å². The Morgan fingerprint density at radius 1 is 1.59 bits per heavy atom. The summed E-state index contributed by atoms with van der Waals surface area (Å²) in [4.78, 5) is 20.6. The average Bonchev–Trinajstić information content (AvgIpc) is 2.25. The molecule has 0 saturated carbocycles. The number of rotatable bonds is 5. The molecule has 1 aromatic carbocycles. The monoisotopic (exact) mass is 259 g/mol. The molecule has 0 spiro atoms. The van der Waals surface area contributed by atoms with Crippen molar-refractivity contribution in [3.63, 3.8) is 0 Å². The quantitative estimate of drug-likeness (QED) is 0.619. The van der Waals surface area contributed by atoms with E-state index >= 15 is 0 Å². The molecule has 0 amide bonds. The van der Waals surface area contributed by atoms with Crippen molar-refractivity contribution >= 4 is 22.5 Å². The highest BCUT2D eigenvalue weighted by molar-refractivity contribution is 7.84. The Morgan fingerprint density at radius 3 is 2.71 bits per heavy atom. The van der Waals surface area contributed by atoms with Crippen LogP contribution in [-0.2, 0) is 15.6 Å². The zero-order valence-electron chi connectivity index (χ0n) is 8.78. The Balaban J connectivity index is 3.08. The van der Waals surface area contributed by atoms with Gasteiger partial charge in [0.05, 0.1) is 15.7 Å². The highest BCUT2D eigenvalue weighted by Gasteiger charge is 2.17. The van der Waals surface area contributed by atoms with Crippen molar-refractivity contribution in [3.05, 3.63) is 28.3 Å². The van der Waals surface area contributed by atoms with Crippen LogP contribution < -0.4 is 4.74 Å². The van der Waals surface area contributed by atoms with Gasteiger partial charge < -0.3 is 9.84 Å². The molecule has 1 N–H and O–H groups in total. The van der Waals surface area contributed by atoms with Crippen molar-refractivity contribution in [2.75, 3.05) is 12.9 Å². The Hall–Kier alpha value is -1.96. The molecular formula is C9H9NO6S. The number of carboxylic acids is 1. The lowest BCUT2D eigenvalue weighted by Crippen LogP contribution is -2.10. The number of ether oxygens (including phenoxy) is 1. The van der Waals surface area contributed by atoms with Crippen molar-refractivity contribution in [2.24, 2.45) is 0 Å². The first-order chi connectivity index (χ1) is 7.91. The SMILES string of the molecule is CS(=O)c1ccc(OCC(=O)O)c([N+](=O)[O-])c1. The molecular weight excluding hydrogens is 250 g/mol. The number of carbonyl (C=O) groups is 1. The fraction of sp³-hybridized carbons (Fsp3) is 0.222. The van der Waals surface area contributed by atoms with Gasteiger partial charge in [0.1, 0.15) is 0 Å². The molecule has 8 heteroatoms. The largest absolute Gasteiger partial charge is 0.479 e. The van der Waals surface area contributed by atoms with Gasteiger partial charge in [-0.15, -0.1) is 0 Å². The maximum absolute atomic E-state index is 11.2. The zero-order valence-corrected chi connectivity index (χ0v) is 9.60. The van der Waals surface area contributed by atoms with Crippen LogP contribution in [0, 0.1) is 10.1 Å². The molecule has 1 aromatic rings. The van der Waals surface area contributed by atoms with Gasteiger partial charge in [-0.05, 0) is 12.1 Å². The third-order valence-electron chi connectivity index (χ3n) is 1.81. The highest BCUT2D eigenvalue weighted by Crippen LogP contribution is 2.28. The first kappa shape index (κ1) is 13.1. The van der Waals surface area contributed by atoms with Gasteiger partial charge in [-0.1, -0.05) is 0 Å². The van der Waals surface area contributed by atoms with Crippen LogP contribution in [0.3, 0.4) is 0 Å². The van der Waals surface area contributed by atoms with Gasteiger partial charge in [0.2, 0.25) is 0 Å². The molecule has 92 valence electrons. The molecule has 0 bridgehead atoms. The van der Waals surface area contributed by atoms with E-state index in [1.165, 1.54) is 18.4 Å². The molecule has 0 aliphatic carbocycles. The molecule has 1 atom stereocenters. The van der Waals surface area contributed by atoms with Gasteiger partial charge in [0.15, 0.2) is 12.4 Å². The van der Waals surface area contributed by atoms with Gasteiger partial charge in [-0.2, -0.15) is 0 Å². The molecule has 0 radical (unpaired) electrons. The second-order valence-electron chi connectivity index (χ2n) is 3.02. The van der Waals surface area contributed by atoms with Gasteiger partial charge in [0.25, 0.3) is 0 Å². The normalized spacial score (nSPS) is 11.8. The molecule has 1 unspecified atom stereocenters. The average molecular weight is 259 g/mol. The number of hydrogen-bond acceptors (Lipinski definition) is 5. The summed E-state index contributed by atoms with van der Waals surface area (Å²) >= 11 is 0. The topological polar surface area (TPSA) is 107 Å². The number of hydrogen-bond donors (Lipinski definition) is 1. The van der Waals surface area contributed by atoms with Crippen molar-refractivity contribution in [1.29, 1.82) is 0 Å². The summed E-state index contributed by atoms with van der Waals surface area (Å²) in [6.07, 6.45) is 1.39. The van der Waals surface area contributed by atoms with Crippen LogP contribution in [0.2, 0.25) is 0 Å². The fourth-order valence-corrected chi connectivity index (χ4v) is 1.62. The number of aliphatic carboxylic acids is 1. The lowest BCUT2D eigenvalue weighted by Gasteiger charge is -2.05. The van der Waals surface area contributed by atoms with Gasteiger partial charge in [-0.3, -0.25) is 14.3 Å². The molecule has 7 nitrogen and oxygen atoms in total. The minimum atomic E-state index is -1.35. The predicted molar refractivity (Wildman–Crippen MR) is 58.6 cm³/mol. The third kappa shape index (κ3) is 3.52. The summed E-state index contributed by atoms with van der Waals surface area (Å²) in [5.74, 6) is -1.39. The smallest absolute Gasteiger partial charge is 0.341 e. The van der Waals surface area contributed by atoms with E-state index in [1.807, 2.05) is 0 Å². The standard InChI is InChI=1S/C9H9NO6S/c1-17(15)6-2-3-8(16-5-9(11)12)7(4-6)10(13)14/h2-4H,5H2,1H3,(H,11,12). The summed E-state index contributed by atoms with van der Waals surface area (Å²) in [5.41, 5.74) is -0.404. The molecule has 0 saturated heterocycles. The van der Waals surface area contributed by atoms with Crippen molar-refractivity contribution in [3.8, 4) is 5.75 Å². The van der Waals surface area contributed by atoms with E-state index < -0.39 is 34.0 Å². The maximum atomic E-state index is 11.2. The van der Waals surface area contributed by atoms with Crippen LogP contribution >= 0.6 is 0 Å². The van der Waals surface area contributed by atoms with Crippen molar-refractivity contribution in [2.45, 2.75) is 4.90 Å². The van der Waals surface area contributed by atoms with Gasteiger partial charge in [-0.25, -0.2) is 4.79 Å². The maximum Gasteiger partial charge on any atom is 0.341 e. The van der Waals surface area contributed by atoms with Gasteiger partial charge >= 0.3 is 11.7 Å². The predicted octanol–water partition coefficient (Wildman–Crippen LogP) is 0.796. The summed E-state index contributed by atoms with van der Waals surface area (Å²) in [6, 6.07) is 3.73. The number of benzene rings is 1. The van der Waals surface area contributed by atoms with Crippen molar-refractivity contribution in [1.82, 2.24) is 0 Å². The summed E-state index contributed by atoms with van der Waals surface area (Å²) in [7, 11) is -1.35. The molecule has 0 aliphatic heterocycles. The second kappa shape index (κ2) is 5.39. The number of nitrogens with zero attached hydrogens (tertiary/aromatic N) is 1. The minimum Gasteiger partial charge on any atom is -0.479 e. The van der Waals surface area contributed by atoms with Gasteiger partial charge in [0, 0.05) is 17.2 Å². The van der Waals surface area contributed by atoms with Crippen LogP contribution in [0.4, 0.5) is 5.69 Å². The van der Waals surface area contributed by atoms with E-state index in [4.69, 9.17) is 9.84 Å². The van der Waals surface area contributed by atoms with Crippen LogP contribution in [0.1, 0.15) is 0 Å². The molecule has 0 aliphatic rings. The van der Waals surface area contributed by atoms with E-state index in [9.17, 15) is 19.1 Å². The molecule has 17 heavy (non-hydrogen) atoms. The Labute approximate surface area is 98.6 Å². The third-order valence-corrected chi connectivity index (χ3v) is 2.73. The second-order valence-corrected chi connectivity index (χ2v) is 4.40. The van der Waals surface area contributed by atoms with E-state index in [-0.39, 0.29) is 10.6 Å². The minimum absolute atomic E-state index is 0.161. The van der Waals surface area contributed by atoms with E-state index in [2.05, 4.69) is 0 Å². The number of nitro benzene ring substituents is 1. The van der Waals surface area contributed by atoms with E-state index in [0.29, 0.717) is 0 Å². The van der Waals surface area contributed by atoms with E-state index in [0.717, 1.165) is 6.07 Å². The Kier molecular flexibility index (Phi) is 4.16. The van der Waals surface area contributed by atoms with Crippen LogP contribution in [0.5, 0.6) is 5.75 Å². The number of carboxylic acid groups (broad SMARTS) is 1. The number of nitro groups is 1. The molecule has 1 rings (SSSR count). The van der Waals surface area contributed by atoms with Crippen molar-refractivity contribution < 1.29 is 23.8 Å². The molecule has 0 fully saturated rings. The first-order valence-electron chi connectivity index (χ1n) is 4.38. The first-order valence-corrected chi connectivity index (χ1v) is 5.94. The lowest BCUT2D eigenvalue weighted by molar-refractivity contribution is -0.386. The highest BCUT2D eigenvalue weighted by atomic mass is 32.2. The zero-order chi connectivity index (χ0) is 13.0. The Morgan fingerprint density at radius 2 is 2.24 bits per heavy atom. The summed E-state index contributed by atoms with van der Waals surface area (Å²) < 4.78 is 15.9.